The number of nitrogens with zero attached hydrogens (tertiary/aromatic N) is 5. The van der Waals surface area contributed by atoms with Crippen molar-refractivity contribution in [1.29, 1.82) is 5.26 Å². The number of morpholine rings is 1. The number of hydrogen-bond acceptors (Lipinski definition) is 7. The van der Waals surface area contributed by atoms with Crippen LogP contribution in [0.1, 0.15) is 61.9 Å². The Labute approximate surface area is 228 Å². The first-order valence-corrected chi connectivity index (χ1v) is 13.7. The number of nitriles is 1. The summed E-state index contributed by atoms with van der Waals surface area (Å²) in [6.45, 7) is 6.66. The van der Waals surface area contributed by atoms with Crippen molar-refractivity contribution in [1.82, 2.24) is 24.8 Å². The zero-order valence-corrected chi connectivity index (χ0v) is 22.5. The highest BCUT2D eigenvalue weighted by Gasteiger charge is 2.27. The molecule has 1 aliphatic carbocycles. The van der Waals surface area contributed by atoms with E-state index in [0.717, 1.165) is 36.9 Å². The number of amides is 2. The Morgan fingerprint density at radius 1 is 1.13 bits per heavy atom. The summed E-state index contributed by atoms with van der Waals surface area (Å²) in [6.07, 6.45) is 7.29. The largest absolute Gasteiger partial charge is 0.382 e. The number of aromatic nitrogens is 3. The molecule has 10 heteroatoms. The van der Waals surface area contributed by atoms with Crippen LogP contribution in [0.2, 0.25) is 0 Å². The van der Waals surface area contributed by atoms with E-state index < -0.39 is 0 Å². The van der Waals surface area contributed by atoms with Crippen molar-refractivity contribution in [3.63, 3.8) is 0 Å². The van der Waals surface area contributed by atoms with E-state index in [1.165, 1.54) is 6.20 Å². The minimum absolute atomic E-state index is 0.0759. The lowest BCUT2D eigenvalue weighted by Crippen LogP contribution is -2.42. The molecule has 10 nitrogen and oxygen atoms in total. The van der Waals surface area contributed by atoms with Gasteiger partial charge in [-0.15, -0.1) is 0 Å². The van der Waals surface area contributed by atoms with Crippen molar-refractivity contribution in [2.75, 3.05) is 31.6 Å². The third-order valence-electron chi connectivity index (χ3n) is 7.49. The second kappa shape index (κ2) is 11.8. The molecule has 2 fully saturated rings. The Hall–Kier alpha value is -3.97. The number of ether oxygens (including phenoxy) is 1. The molecule has 0 aromatic carbocycles. The predicted molar refractivity (Wildman–Crippen MR) is 147 cm³/mol. The smallest absolute Gasteiger partial charge is 0.255 e. The third-order valence-corrected chi connectivity index (χ3v) is 7.49. The van der Waals surface area contributed by atoms with E-state index in [0.29, 0.717) is 61.2 Å². The predicted octanol–water partition coefficient (Wildman–Crippen LogP) is 3.63. The molecule has 39 heavy (non-hydrogen) atoms. The lowest BCUT2D eigenvalue weighted by Gasteiger charge is -2.32. The van der Waals surface area contributed by atoms with Gasteiger partial charge in [0.05, 0.1) is 53.1 Å². The molecule has 0 bridgehead atoms. The van der Waals surface area contributed by atoms with Gasteiger partial charge in [0.2, 0.25) is 5.91 Å². The number of pyridine rings is 1. The van der Waals surface area contributed by atoms with Gasteiger partial charge in [-0.25, -0.2) is 4.52 Å². The van der Waals surface area contributed by atoms with Gasteiger partial charge in [-0.1, -0.05) is 0 Å². The summed E-state index contributed by atoms with van der Waals surface area (Å²) in [7, 11) is 0. The molecule has 4 heterocycles. The van der Waals surface area contributed by atoms with Gasteiger partial charge in [0.1, 0.15) is 6.07 Å². The summed E-state index contributed by atoms with van der Waals surface area (Å²) >= 11 is 0. The van der Waals surface area contributed by atoms with Crippen LogP contribution in [-0.2, 0) is 9.53 Å². The van der Waals surface area contributed by atoms with E-state index in [4.69, 9.17) is 10.00 Å². The van der Waals surface area contributed by atoms with Crippen LogP contribution in [0.25, 0.3) is 16.9 Å². The Bertz CT molecular complexity index is 1380. The fourth-order valence-electron chi connectivity index (χ4n) is 5.42. The van der Waals surface area contributed by atoms with Crippen LogP contribution in [0, 0.1) is 17.2 Å². The van der Waals surface area contributed by atoms with E-state index in [-0.39, 0.29) is 23.9 Å². The summed E-state index contributed by atoms with van der Waals surface area (Å²) in [5.41, 5.74) is 3.95. The molecule has 0 radical (unpaired) electrons. The summed E-state index contributed by atoms with van der Waals surface area (Å²) in [4.78, 5) is 32.5. The Balaban J connectivity index is 1.25. The normalized spacial score (nSPS) is 19.6. The lowest BCUT2D eigenvalue weighted by atomic mass is 9.83. The number of carbonyl (C=O) groups excluding carboxylic acids is 2. The summed E-state index contributed by atoms with van der Waals surface area (Å²) in [5, 5.41) is 20.1. The lowest BCUT2D eigenvalue weighted by molar-refractivity contribution is -0.136. The number of fused-ring (bicyclic) bond motifs is 1. The van der Waals surface area contributed by atoms with Crippen molar-refractivity contribution in [3.8, 4) is 17.5 Å². The highest BCUT2D eigenvalue weighted by molar-refractivity contribution is 6.00. The third kappa shape index (κ3) is 6.20. The van der Waals surface area contributed by atoms with Gasteiger partial charge in [0, 0.05) is 37.8 Å². The fraction of sp³-hybridized carbons (Fsp3) is 0.483. The van der Waals surface area contributed by atoms with Gasteiger partial charge in [-0.05, 0) is 69.7 Å². The van der Waals surface area contributed by atoms with Crippen LogP contribution >= 0.6 is 0 Å². The van der Waals surface area contributed by atoms with Crippen LogP contribution < -0.4 is 10.6 Å². The molecule has 3 aromatic heterocycles. The second-order valence-electron chi connectivity index (χ2n) is 10.7. The van der Waals surface area contributed by atoms with Crippen molar-refractivity contribution < 1.29 is 14.3 Å². The molecular weight excluding hydrogens is 494 g/mol. The Morgan fingerprint density at radius 3 is 2.62 bits per heavy atom. The topological polar surface area (TPSA) is 125 Å². The molecule has 0 spiro atoms. The monoisotopic (exact) mass is 529 g/mol. The number of carbonyl (C=O) groups is 2. The average molecular weight is 530 g/mol. The van der Waals surface area contributed by atoms with Gasteiger partial charge < -0.3 is 20.3 Å². The number of nitrogens with one attached hydrogen (secondary N) is 2. The molecule has 1 saturated heterocycles. The Morgan fingerprint density at radius 2 is 1.90 bits per heavy atom. The second-order valence-corrected chi connectivity index (χ2v) is 10.7. The first-order valence-electron chi connectivity index (χ1n) is 13.7. The van der Waals surface area contributed by atoms with Crippen LogP contribution in [0.4, 0.5) is 5.69 Å². The maximum Gasteiger partial charge on any atom is 0.255 e. The van der Waals surface area contributed by atoms with Crippen LogP contribution in [0.3, 0.4) is 0 Å². The minimum Gasteiger partial charge on any atom is -0.382 e. The molecule has 1 aliphatic heterocycles. The van der Waals surface area contributed by atoms with E-state index in [1.807, 2.05) is 36.9 Å². The van der Waals surface area contributed by atoms with Crippen LogP contribution in [-0.4, -0.2) is 69.7 Å². The highest BCUT2D eigenvalue weighted by Crippen LogP contribution is 2.29. The minimum atomic E-state index is -0.151. The fourth-order valence-corrected chi connectivity index (χ4v) is 5.42. The zero-order valence-electron chi connectivity index (χ0n) is 22.5. The maximum absolute atomic E-state index is 13.3. The summed E-state index contributed by atoms with van der Waals surface area (Å²) < 4.78 is 7.09. The maximum atomic E-state index is 13.3. The van der Waals surface area contributed by atoms with E-state index in [1.54, 1.807) is 16.8 Å². The molecule has 1 saturated carbocycles. The molecule has 2 aliphatic rings. The molecule has 0 unspecified atom stereocenters. The van der Waals surface area contributed by atoms with Gasteiger partial charge >= 0.3 is 0 Å². The molecule has 3 aromatic rings. The van der Waals surface area contributed by atoms with E-state index in [9.17, 15) is 9.59 Å². The quantitative estimate of drug-likeness (QED) is 0.479. The number of rotatable bonds is 7. The Kier molecular flexibility index (Phi) is 8.07. The first kappa shape index (κ1) is 26.6. The van der Waals surface area contributed by atoms with Crippen LogP contribution in [0.15, 0.2) is 36.7 Å². The standard InChI is InChI=1S/C29H35N7O3/c1-19(2)33-25-15-26(27-8-7-23-13-21(16-30)17-32-36(23)27)31-18-24(25)29(38)34-22-5-3-20(4-6-22)14-28(37)35-9-11-39-12-10-35/h7-8,13,15,17-20,22H,3-6,9-12,14H2,1-2H3,(H,31,33)(H,34,38). The average Bonchev–Trinajstić information content (AvgIpc) is 3.37. The molecule has 2 N–H and O–H groups in total. The van der Waals surface area contributed by atoms with Crippen LogP contribution in [0.5, 0.6) is 0 Å². The van der Waals surface area contributed by atoms with Crippen molar-refractivity contribution in [2.24, 2.45) is 5.92 Å². The number of anilines is 1. The van der Waals surface area contributed by atoms with Crippen molar-refractivity contribution >= 4 is 23.0 Å². The van der Waals surface area contributed by atoms with Crippen molar-refractivity contribution in [3.05, 3.63) is 47.8 Å². The first-order chi connectivity index (χ1) is 18.9. The molecule has 5 rings (SSSR count). The molecular formula is C29H35N7O3. The number of hydrogen-bond donors (Lipinski definition) is 2. The van der Waals surface area contributed by atoms with Gasteiger partial charge in [-0.2, -0.15) is 10.4 Å². The summed E-state index contributed by atoms with van der Waals surface area (Å²) in [6, 6.07) is 9.76. The van der Waals surface area contributed by atoms with E-state index in [2.05, 4.69) is 26.8 Å². The summed E-state index contributed by atoms with van der Waals surface area (Å²) in [5.74, 6) is 0.432. The highest BCUT2D eigenvalue weighted by atomic mass is 16.5. The molecule has 0 atom stereocenters. The SMILES string of the molecule is CC(C)Nc1cc(-c2ccc3cc(C#N)cnn23)ncc1C(=O)NC1CCC(CC(=O)N2CCOCC2)CC1. The van der Waals surface area contributed by atoms with E-state index >= 15 is 0 Å². The molecule has 2 amide bonds. The zero-order chi connectivity index (χ0) is 27.4. The van der Waals surface area contributed by atoms with Crippen molar-refractivity contribution in [2.45, 2.75) is 58.0 Å². The van der Waals surface area contributed by atoms with Gasteiger partial charge in [0.15, 0.2) is 0 Å². The van der Waals surface area contributed by atoms with Gasteiger partial charge in [-0.3, -0.25) is 14.6 Å². The molecule has 204 valence electrons. The van der Waals surface area contributed by atoms with Gasteiger partial charge in [0.25, 0.3) is 5.91 Å².